The van der Waals surface area contributed by atoms with Crippen LogP contribution in [0.3, 0.4) is 0 Å². The van der Waals surface area contributed by atoms with E-state index in [0.29, 0.717) is 21.9 Å². The van der Waals surface area contributed by atoms with E-state index in [9.17, 15) is 9.18 Å². The fourth-order valence-corrected chi connectivity index (χ4v) is 3.23. The molecule has 1 amide bonds. The van der Waals surface area contributed by atoms with E-state index in [1.807, 2.05) is 12.1 Å². The molecule has 2 aromatic carbocycles. The molecule has 0 radical (unpaired) electrons. The van der Waals surface area contributed by atoms with Crippen LogP contribution in [-0.4, -0.2) is 18.0 Å². The van der Waals surface area contributed by atoms with Gasteiger partial charge in [0.05, 0.1) is 10.6 Å². The van der Waals surface area contributed by atoms with Crippen molar-refractivity contribution >= 4 is 29.4 Å². The molecule has 0 spiro atoms. The molecule has 1 aliphatic rings. The quantitative estimate of drug-likeness (QED) is 0.805. The van der Waals surface area contributed by atoms with Gasteiger partial charge in [0.1, 0.15) is 17.6 Å². The summed E-state index contributed by atoms with van der Waals surface area (Å²) in [5.41, 5.74) is 0.545. The van der Waals surface area contributed by atoms with Crippen molar-refractivity contribution in [2.75, 3.05) is 11.9 Å². The van der Waals surface area contributed by atoms with Gasteiger partial charge in [0.15, 0.2) is 12.1 Å². The second-order valence-corrected chi connectivity index (χ2v) is 6.24. The summed E-state index contributed by atoms with van der Waals surface area (Å²) in [7, 11) is 0. The molecule has 0 bridgehead atoms. The van der Waals surface area contributed by atoms with Gasteiger partial charge in [-0.25, -0.2) is 4.39 Å². The number of rotatable bonds is 5. The third-order valence-corrected chi connectivity index (χ3v) is 4.42. The molecular formula is C18H14FN3O2S. The number of carbonyl (C=O) groups excluding carboxylic acids is 1. The Balaban J connectivity index is 1.76. The Morgan fingerprint density at radius 3 is 2.84 bits per heavy atom. The number of benzene rings is 2. The minimum atomic E-state index is -0.470. The lowest BCUT2D eigenvalue weighted by atomic mass is 10.2. The second-order valence-electron chi connectivity index (χ2n) is 5.09. The summed E-state index contributed by atoms with van der Waals surface area (Å²) in [4.78, 5) is 12.6. The number of thioether (sulfide) groups is 1. The molecule has 1 aliphatic heterocycles. The van der Waals surface area contributed by atoms with Gasteiger partial charge in [-0.05, 0) is 24.3 Å². The maximum Gasteiger partial charge on any atom is 0.260 e. The van der Waals surface area contributed by atoms with Gasteiger partial charge in [-0.15, -0.1) is 0 Å². The lowest BCUT2D eigenvalue weighted by Gasteiger charge is -2.13. The third kappa shape index (κ3) is 4.11. The molecule has 7 heteroatoms. The molecule has 1 atom stereocenters. The van der Waals surface area contributed by atoms with Crippen LogP contribution in [-0.2, 0) is 4.79 Å². The van der Waals surface area contributed by atoms with E-state index in [4.69, 9.17) is 10.00 Å². The highest BCUT2D eigenvalue weighted by molar-refractivity contribution is 8.05. The number of hydrogen-bond acceptors (Lipinski definition) is 5. The Labute approximate surface area is 148 Å². The van der Waals surface area contributed by atoms with Crippen LogP contribution in [0.1, 0.15) is 5.56 Å². The smallest absolute Gasteiger partial charge is 0.260 e. The van der Waals surface area contributed by atoms with Crippen LogP contribution < -0.4 is 15.4 Å². The van der Waals surface area contributed by atoms with Crippen molar-refractivity contribution in [3.8, 4) is 11.8 Å². The monoisotopic (exact) mass is 355 g/mol. The molecule has 3 rings (SSSR count). The molecule has 2 N–H and O–H groups in total. The molecule has 25 heavy (non-hydrogen) atoms. The molecule has 1 unspecified atom stereocenters. The van der Waals surface area contributed by atoms with Crippen molar-refractivity contribution < 1.29 is 13.9 Å². The number of anilines is 1. The fourth-order valence-electron chi connectivity index (χ4n) is 2.27. The van der Waals surface area contributed by atoms with Gasteiger partial charge < -0.3 is 15.4 Å². The normalized spacial score (nSPS) is 17.8. The lowest BCUT2D eigenvalue weighted by molar-refractivity contribution is -0.116. The van der Waals surface area contributed by atoms with E-state index in [0.717, 1.165) is 0 Å². The summed E-state index contributed by atoms with van der Waals surface area (Å²) >= 11 is 1.25. The van der Waals surface area contributed by atoms with Gasteiger partial charge in [-0.2, -0.15) is 5.26 Å². The summed E-state index contributed by atoms with van der Waals surface area (Å²) in [6.07, 6.45) is 1.69. The Hall–Kier alpha value is -2.98. The van der Waals surface area contributed by atoms with Crippen LogP contribution in [0.4, 0.5) is 10.1 Å². The first-order valence-electron chi connectivity index (χ1n) is 7.46. The van der Waals surface area contributed by atoms with Crippen molar-refractivity contribution in [3.05, 3.63) is 64.8 Å². The largest absolute Gasteiger partial charge is 0.478 e. The standard InChI is InChI=1S/C18H14FN3O2S/c19-13-6-2-3-7-14(13)21-18-22-17(23)16(25-18)11-12-5-1-4-8-15(12)24-10-9-20/h1-8,11,18,21H,10H2,(H,22,23)/b16-11-. The Morgan fingerprint density at radius 1 is 1.28 bits per heavy atom. The van der Waals surface area contributed by atoms with Crippen molar-refractivity contribution in [3.63, 3.8) is 0 Å². The van der Waals surface area contributed by atoms with E-state index in [-0.39, 0.29) is 18.3 Å². The van der Waals surface area contributed by atoms with Crippen LogP contribution in [0, 0.1) is 17.1 Å². The zero-order valence-electron chi connectivity index (χ0n) is 13.0. The number of ether oxygens (including phenoxy) is 1. The molecule has 2 aromatic rings. The molecule has 1 heterocycles. The van der Waals surface area contributed by atoms with Crippen LogP contribution in [0.2, 0.25) is 0 Å². The Bertz CT molecular complexity index is 863. The van der Waals surface area contributed by atoms with Gasteiger partial charge in [-0.3, -0.25) is 4.79 Å². The van der Waals surface area contributed by atoms with Crippen LogP contribution in [0.25, 0.3) is 6.08 Å². The molecule has 1 fully saturated rings. The summed E-state index contributed by atoms with van der Waals surface area (Å²) in [5, 5.41) is 14.3. The molecule has 0 aliphatic carbocycles. The molecule has 1 saturated heterocycles. The number of hydrogen-bond donors (Lipinski definition) is 2. The van der Waals surface area contributed by atoms with Gasteiger partial charge in [0.25, 0.3) is 5.91 Å². The van der Waals surface area contributed by atoms with E-state index in [2.05, 4.69) is 10.6 Å². The number of amides is 1. The van der Waals surface area contributed by atoms with Crippen LogP contribution >= 0.6 is 11.8 Å². The summed E-state index contributed by atoms with van der Waals surface area (Å²) < 4.78 is 19.1. The van der Waals surface area contributed by atoms with Gasteiger partial charge in [0.2, 0.25) is 0 Å². The van der Waals surface area contributed by atoms with Crippen molar-refractivity contribution in [2.24, 2.45) is 0 Å². The van der Waals surface area contributed by atoms with Gasteiger partial charge in [-0.1, -0.05) is 42.1 Å². The molecular weight excluding hydrogens is 341 g/mol. The average molecular weight is 355 g/mol. The fraction of sp³-hybridized carbons (Fsp3) is 0.111. The minimum Gasteiger partial charge on any atom is -0.478 e. The highest BCUT2D eigenvalue weighted by Crippen LogP contribution is 2.32. The highest BCUT2D eigenvalue weighted by Gasteiger charge is 2.27. The van der Waals surface area contributed by atoms with Crippen LogP contribution in [0.15, 0.2) is 53.4 Å². The average Bonchev–Trinajstić information content (AvgIpc) is 2.95. The zero-order chi connectivity index (χ0) is 17.6. The summed E-state index contributed by atoms with van der Waals surface area (Å²) in [6.45, 7) is -0.0724. The second kappa shape index (κ2) is 7.73. The summed E-state index contributed by atoms with van der Waals surface area (Å²) in [5.74, 6) is -0.116. The Kier molecular flexibility index (Phi) is 5.21. The molecule has 0 saturated carbocycles. The van der Waals surface area contributed by atoms with Crippen molar-refractivity contribution in [2.45, 2.75) is 5.50 Å². The van der Waals surface area contributed by atoms with Crippen molar-refractivity contribution in [1.29, 1.82) is 5.26 Å². The maximum atomic E-state index is 13.7. The predicted octanol–water partition coefficient (Wildman–Crippen LogP) is 3.33. The third-order valence-electron chi connectivity index (χ3n) is 3.39. The predicted molar refractivity (Wildman–Crippen MR) is 95.1 cm³/mol. The topological polar surface area (TPSA) is 74.2 Å². The van der Waals surface area contributed by atoms with E-state index < -0.39 is 5.50 Å². The first-order chi connectivity index (χ1) is 12.2. The Morgan fingerprint density at radius 2 is 2.04 bits per heavy atom. The minimum absolute atomic E-state index is 0.0724. The first-order valence-corrected chi connectivity index (χ1v) is 8.34. The number of nitriles is 1. The number of nitrogens with zero attached hydrogens (tertiary/aromatic N) is 1. The van der Waals surface area contributed by atoms with E-state index >= 15 is 0 Å². The zero-order valence-corrected chi connectivity index (χ0v) is 13.8. The van der Waals surface area contributed by atoms with Crippen LogP contribution in [0.5, 0.6) is 5.75 Å². The van der Waals surface area contributed by atoms with E-state index in [1.165, 1.54) is 17.8 Å². The van der Waals surface area contributed by atoms with Gasteiger partial charge in [0, 0.05) is 5.56 Å². The number of nitrogens with one attached hydrogen (secondary N) is 2. The molecule has 126 valence electrons. The van der Waals surface area contributed by atoms with Crippen molar-refractivity contribution in [1.82, 2.24) is 5.32 Å². The van der Waals surface area contributed by atoms with Gasteiger partial charge >= 0.3 is 0 Å². The SMILES string of the molecule is N#CCOc1ccccc1/C=C1\SC(Nc2ccccc2F)NC1=O. The molecule has 5 nitrogen and oxygen atoms in total. The molecule has 0 aromatic heterocycles. The first kappa shape index (κ1) is 16.9. The summed E-state index contributed by atoms with van der Waals surface area (Å²) in [6, 6.07) is 15.3. The maximum absolute atomic E-state index is 13.7. The number of para-hydroxylation sites is 2. The number of halogens is 1. The number of carbonyl (C=O) groups is 1. The lowest BCUT2D eigenvalue weighted by Crippen LogP contribution is -2.31. The highest BCUT2D eigenvalue weighted by atomic mass is 32.2. The van der Waals surface area contributed by atoms with E-state index in [1.54, 1.807) is 42.5 Å².